The van der Waals surface area contributed by atoms with Gasteiger partial charge in [-0.05, 0) is 31.4 Å². The summed E-state index contributed by atoms with van der Waals surface area (Å²) in [5, 5.41) is 3.23. The molecule has 1 atom stereocenters. The van der Waals surface area contributed by atoms with Gasteiger partial charge in [0.05, 0.1) is 6.61 Å². The van der Waals surface area contributed by atoms with Gasteiger partial charge in [-0.25, -0.2) is 0 Å². The number of amides is 2. The van der Waals surface area contributed by atoms with E-state index in [0.717, 1.165) is 37.9 Å². The number of morpholine rings is 1. The van der Waals surface area contributed by atoms with E-state index in [-0.39, 0.29) is 36.4 Å². The Kier molecular flexibility index (Phi) is 8.54. The van der Waals surface area contributed by atoms with Crippen molar-refractivity contribution in [3.8, 4) is 0 Å². The quantitative estimate of drug-likeness (QED) is 0.827. The molecule has 1 aromatic rings. The first-order valence-corrected chi connectivity index (χ1v) is 9.68. The lowest BCUT2D eigenvalue weighted by Gasteiger charge is -2.40. The topological polar surface area (TPSA) is 61.9 Å². The van der Waals surface area contributed by atoms with Crippen molar-refractivity contribution in [3.63, 3.8) is 0 Å². The number of ether oxygens (including phenoxy) is 1. The van der Waals surface area contributed by atoms with E-state index in [4.69, 9.17) is 4.74 Å². The van der Waals surface area contributed by atoms with E-state index < -0.39 is 0 Å². The lowest BCUT2D eigenvalue weighted by molar-refractivity contribution is -0.148. The molecule has 1 unspecified atom stereocenters. The number of benzene rings is 1. The summed E-state index contributed by atoms with van der Waals surface area (Å²) in [5.41, 5.74) is 0.731. The SMILES string of the molecule is CCCN(C(=O)C1CNCCO1)C1CCN(C(=O)c2ccccc2)CC1.Cl. The molecule has 2 fully saturated rings. The number of piperidine rings is 1. The van der Waals surface area contributed by atoms with Crippen molar-refractivity contribution in [1.29, 1.82) is 0 Å². The largest absolute Gasteiger partial charge is 0.366 e. The molecular weight excluding hydrogens is 366 g/mol. The van der Waals surface area contributed by atoms with E-state index in [0.29, 0.717) is 26.2 Å². The molecule has 1 N–H and O–H groups in total. The van der Waals surface area contributed by atoms with Crippen LogP contribution in [0.3, 0.4) is 0 Å². The molecule has 3 rings (SSSR count). The zero-order valence-electron chi connectivity index (χ0n) is 15.9. The Morgan fingerprint density at radius 1 is 1.22 bits per heavy atom. The first-order valence-electron chi connectivity index (χ1n) is 9.68. The van der Waals surface area contributed by atoms with Gasteiger partial charge in [-0.15, -0.1) is 12.4 Å². The lowest BCUT2D eigenvalue weighted by atomic mass is 10.0. The number of halogens is 1. The van der Waals surface area contributed by atoms with Crippen LogP contribution in [-0.2, 0) is 9.53 Å². The number of nitrogens with one attached hydrogen (secondary N) is 1. The molecule has 7 heteroatoms. The summed E-state index contributed by atoms with van der Waals surface area (Å²) in [6.45, 7) is 6.19. The van der Waals surface area contributed by atoms with Gasteiger partial charge in [0.15, 0.2) is 0 Å². The number of hydrogen-bond acceptors (Lipinski definition) is 4. The standard InChI is InChI=1S/C20H29N3O3.ClH/c1-2-11-23(20(25)18-15-21-10-14-26-18)17-8-12-22(13-9-17)19(24)16-6-4-3-5-7-16;/h3-7,17-18,21H,2,8-15H2,1H3;1H. The zero-order chi connectivity index (χ0) is 18.4. The molecule has 2 aliphatic heterocycles. The molecular formula is C20H30ClN3O3. The fourth-order valence-corrected chi connectivity index (χ4v) is 3.77. The van der Waals surface area contributed by atoms with Gasteiger partial charge in [0, 0.05) is 44.3 Å². The first kappa shape index (κ1) is 21.7. The van der Waals surface area contributed by atoms with Gasteiger partial charge < -0.3 is 19.9 Å². The van der Waals surface area contributed by atoms with Gasteiger partial charge in [-0.2, -0.15) is 0 Å². The molecule has 2 saturated heterocycles. The van der Waals surface area contributed by atoms with Gasteiger partial charge in [-0.1, -0.05) is 25.1 Å². The van der Waals surface area contributed by atoms with Crippen LogP contribution in [0.5, 0.6) is 0 Å². The fourth-order valence-electron chi connectivity index (χ4n) is 3.77. The minimum absolute atomic E-state index is 0. The van der Waals surface area contributed by atoms with Crippen LogP contribution in [0, 0.1) is 0 Å². The fraction of sp³-hybridized carbons (Fsp3) is 0.600. The van der Waals surface area contributed by atoms with E-state index in [1.165, 1.54) is 0 Å². The summed E-state index contributed by atoms with van der Waals surface area (Å²) in [5.74, 6) is 0.170. The minimum Gasteiger partial charge on any atom is -0.366 e. The zero-order valence-corrected chi connectivity index (χ0v) is 16.7. The maximum Gasteiger partial charge on any atom is 0.253 e. The van der Waals surface area contributed by atoms with Crippen molar-refractivity contribution in [2.45, 2.75) is 38.3 Å². The molecule has 27 heavy (non-hydrogen) atoms. The van der Waals surface area contributed by atoms with Crippen molar-refractivity contribution in [2.24, 2.45) is 0 Å². The van der Waals surface area contributed by atoms with E-state index in [1.54, 1.807) is 0 Å². The number of carbonyl (C=O) groups is 2. The number of rotatable bonds is 5. The summed E-state index contributed by atoms with van der Waals surface area (Å²) in [6, 6.07) is 9.59. The van der Waals surface area contributed by atoms with Crippen molar-refractivity contribution in [3.05, 3.63) is 35.9 Å². The highest BCUT2D eigenvalue weighted by Crippen LogP contribution is 2.20. The minimum atomic E-state index is -0.376. The number of hydrogen-bond donors (Lipinski definition) is 1. The van der Waals surface area contributed by atoms with Crippen LogP contribution >= 0.6 is 12.4 Å². The second-order valence-corrected chi connectivity index (χ2v) is 6.98. The van der Waals surface area contributed by atoms with E-state index >= 15 is 0 Å². The maximum atomic E-state index is 12.9. The van der Waals surface area contributed by atoms with E-state index in [1.807, 2.05) is 40.1 Å². The second-order valence-electron chi connectivity index (χ2n) is 6.98. The van der Waals surface area contributed by atoms with Gasteiger partial charge in [0.1, 0.15) is 6.10 Å². The number of nitrogens with zero attached hydrogens (tertiary/aromatic N) is 2. The Labute approximate surface area is 167 Å². The highest BCUT2D eigenvalue weighted by molar-refractivity contribution is 5.94. The molecule has 1 aromatic carbocycles. The summed E-state index contributed by atoms with van der Waals surface area (Å²) < 4.78 is 5.66. The van der Waals surface area contributed by atoms with Crippen LogP contribution < -0.4 is 5.32 Å². The summed E-state index contributed by atoms with van der Waals surface area (Å²) in [7, 11) is 0. The van der Waals surface area contributed by atoms with Gasteiger partial charge >= 0.3 is 0 Å². The predicted octanol–water partition coefficient (Wildman–Crippen LogP) is 1.94. The molecule has 0 spiro atoms. The van der Waals surface area contributed by atoms with E-state index in [9.17, 15) is 9.59 Å². The first-order chi connectivity index (χ1) is 12.7. The molecule has 0 radical (unpaired) electrons. The Bertz CT molecular complexity index is 600. The van der Waals surface area contributed by atoms with Gasteiger partial charge in [0.25, 0.3) is 11.8 Å². The Morgan fingerprint density at radius 2 is 1.93 bits per heavy atom. The molecule has 2 heterocycles. The van der Waals surface area contributed by atoms with Crippen LogP contribution in [0.15, 0.2) is 30.3 Å². The molecule has 0 saturated carbocycles. The molecule has 0 bridgehead atoms. The molecule has 0 aliphatic carbocycles. The molecule has 2 aliphatic rings. The molecule has 6 nitrogen and oxygen atoms in total. The summed E-state index contributed by atoms with van der Waals surface area (Å²) >= 11 is 0. The highest BCUT2D eigenvalue weighted by atomic mass is 35.5. The van der Waals surface area contributed by atoms with Crippen LogP contribution in [-0.4, -0.2) is 73.1 Å². The predicted molar refractivity (Wildman–Crippen MR) is 107 cm³/mol. The van der Waals surface area contributed by atoms with E-state index in [2.05, 4.69) is 12.2 Å². The normalized spacial score (nSPS) is 20.6. The smallest absolute Gasteiger partial charge is 0.253 e. The third-order valence-electron chi connectivity index (χ3n) is 5.16. The third kappa shape index (κ3) is 5.43. The number of carbonyl (C=O) groups excluding carboxylic acids is 2. The highest BCUT2D eigenvalue weighted by Gasteiger charge is 2.33. The van der Waals surface area contributed by atoms with Crippen molar-refractivity contribution >= 4 is 24.2 Å². The summed E-state index contributed by atoms with van der Waals surface area (Å²) in [6.07, 6.45) is 2.20. The third-order valence-corrected chi connectivity index (χ3v) is 5.16. The molecule has 0 aromatic heterocycles. The maximum absolute atomic E-state index is 12.9. The molecule has 150 valence electrons. The second kappa shape index (κ2) is 10.6. The Morgan fingerprint density at radius 3 is 2.52 bits per heavy atom. The van der Waals surface area contributed by atoms with Crippen molar-refractivity contribution < 1.29 is 14.3 Å². The average Bonchev–Trinajstić information content (AvgIpc) is 2.72. The van der Waals surface area contributed by atoms with Crippen LogP contribution in [0.25, 0.3) is 0 Å². The average molecular weight is 396 g/mol. The van der Waals surface area contributed by atoms with Crippen molar-refractivity contribution in [2.75, 3.05) is 39.3 Å². The number of likely N-dealkylation sites (tertiary alicyclic amines) is 1. The Balaban J connectivity index is 0.00000261. The van der Waals surface area contributed by atoms with Crippen LogP contribution in [0.1, 0.15) is 36.5 Å². The van der Waals surface area contributed by atoms with Gasteiger partial charge in [0.2, 0.25) is 0 Å². The van der Waals surface area contributed by atoms with Crippen molar-refractivity contribution in [1.82, 2.24) is 15.1 Å². The van der Waals surface area contributed by atoms with Gasteiger partial charge in [-0.3, -0.25) is 9.59 Å². The summed E-state index contributed by atoms with van der Waals surface area (Å²) in [4.78, 5) is 29.4. The Hall–Kier alpha value is -1.63. The van der Waals surface area contributed by atoms with Crippen LogP contribution in [0.2, 0.25) is 0 Å². The molecule has 2 amide bonds. The lowest BCUT2D eigenvalue weighted by Crippen LogP contribution is -2.55. The van der Waals surface area contributed by atoms with Crippen LogP contribution in [0.4, 0.5) is 0 Å². The monoisotopic (exact) mass is 395 g/mol.